The first-order chi connectivity index (χ1) is 9.19. The maximum absolute atomic E-state index is 12.0. The maximum atomic E-state index is 12.0. The average molecular weight is 319 g/mol. The molecule has 0 aliphatic rings. The smallest absolute Gasteiger partial charge is 0.256 e. The molecule has 98 valence electrons. The highest BCUT2D eigenvalue weighted by atomic mass is 79.9. The van der Waals surface area contributed by atoms with Crippen molar-refractivity contribution in [1.82, 2.24) is 4.98 Å². The molecule has 0 atom stereocenters. The lowest BCUT2D eigenvalue weighted by atomic mass is 10.1. The number of hydrogen-bond donors (Lipinski definition) is 1. The monoisotopic (exact) mass is 318 g/mol. The van der Waals surface area contributed by atoms with Gasteiger partial charge in [0, 0.05) is 16.2 Å². The van der Waals surface area contributed by atoms with Crippen molar-refractivity contribution in [3.63, 3.8) is 0 Å². The lowest BCUT2D eigenvalue weighted by molar-refractivity contribution is 0.102. The van der Waals surface area contributed by atoms with Crippen LogP contribution in [0.5, 0.6) is 0 Å². The first kappa shape index (κ1) is 13.7. The Morgan fingerprint density at radius 1 is 1.26 bits per heavy atom. The molecule has 0 spiro atoms. The predicted octanol–water partition coefficient (Wildman–Crippen LogP) is 4.05. The van der Waals surface area contributed by atoms with Crippen molar-refractivity contribution >= 4 is 27.7 Å². The highest BCUT2D eigenvalue weighted by Crippen LogP contribution is 2.13. The molecule has 0 bridgehead atoms. The Labute approximate surface area is 121 Å². The molecule has 0 aliphatic carbocycles. The quantitative estimate of drug-likeness (QED) is 0.924. The van der Waals surface area contributed by atoms with Gasteiger partial charge in [0.15, 0.2) is 0 Å². The van der Waals surface area contributed by atoms with Crippen LogP contribution in [0.15, 0.2) is 47.1 Å². The van der Waals surface area contributed by atoms with Crippen molar-refractivity contribution in [2.75, 3.05) is 5.32 Å². The maximum Gasteiger partial charge on any atom is 0.256 e. The number of amides is 1. The number of rotatable bonds is 4. The normalized spacial score (nSPS) is 10.2. The average Bonchev–Trinajstić information content (AvgIpc) is 2.40. The number of aromatic nitrogens is 1. The van der Waals surface area contributed by atoms with Gasteiger partial charge in [-0.15, -0.1) is 0 Å². The summed E-state index contributed by atoms with van der Waals surface area (Å²) >= 11 is 3.34. The van der Waals surface area contributed by atoms with Crippen LogP contribution in [-0.4, -0.2) is 10.9 Å². The van der Waals surface area contributed by atoms with Crippen molar-refractivity contribution in [2.24, 2.45) is 0 Å². The molecule has 2 aromatic rings. The number of pyridine rings is 1. The summed E-state index contributed by atoms with van der Waals surface area (Å²) in [5.74, 6) is 0.451. The van der Waals surface area contributed by atoms with Gasteiger partial charge < -0.3 is 5.32 Å². The first-order valence-corrected chi connectivity index (χ1v) is 7.00. The molecule has 2 rings (SSSR count). The molecule has 0 unspecified atom stereocenters. The highest BCUT2D eigenvalue weighted by molar-refractivity contribution is 9.10. The summed E-state index contributed by atoms with van der Waals surface area (Å²) in [5, 5.41) is 2.81. The Morgan fingerprint density at radius 3 is 2.68 bits per heavy atom. The van der Waals surface area contributed by atoms with Crippen LogP contribution in [0.3, 0.4) is 0 Å². The number of carbonyl (C=O) groups excluding carboxylic acids is 1. The van der Waals surface area contributed by atoms with Crippen molar-refractivity contribution in [1.29, 1.82) is 0 Å². The van der Waals surface area contributed by atoms with Gasteiger partial charge in [0.05, 0.1) is 0 Å². The number of aryl methyl sites for hydroxylation is 1. The fourth-order valence-electron chi connectivity index (χ4n) is 1.78. The van der Waals surface area contributed by atoms with E-state index in [1.165, 1.54) is 5.56 Å². The van der Waals surface area contributed by atoms with Crippen molar-refractivity contribution in [2.45, 2.75) is 19.8 Å². The Bertz CT molecular complexity index is 567. The molecule has 19 heavy (non-hydrogen) atoms. The summed E-state index contributed by atoms with van der Waals surface area (Å²) in [6.07, 6.45) is 3.79. The van der Waals surface area contributed by atoms with Crippen LogP contribution in [0.4, 0.5) is 5.82 Å². The molecule has 0 fully saturated rings. The minimum atomic E-state index is -0.145. The van der Waals surface area contributed by atoms with Gasteiger partial charge >= 0.3 is 0 Å². The first-order valence-electron chi connectivity index (χ1n) is 6.21. The van der Waals surface area contributed by atoms with Gasteiger partial charge in [-0.05, 0) is 48.4 Å². The van der Waals surface area contributed by atoms with E-state index in [1.807, 2.05) is 24.3 Å². The lowest BCUT2D eigenvalue weighted by Gasteiger charge is -2.06. The third-order valence-corrected chi connectivity index (χ3v) is 3.24. The van der Waals surface area contributed by atoms with Crippen LogP contribution in [0.1, 0.15) is 29.3 Å². The molecule has 1 N–H and O–H groups in total. The Balaban J connectivity index is 2.10. The van der Waals surface area contributed by atoms with Crippen LogP contribution < -0.4 is 5.32 Å². The molecule has 0 aliphatic heterocycles. The van der Waals surface area contributed by atoms with E-state index < -0.39 is 0 Å². The molecule has 4 heteroatoms. The molecule has 3 nitrogen and oxygen atoms in total. The van der Waals surface area contributed by atoms with Crippen molar-refractivity contribution in [3.8, 4) is 0 Å². The van der Waals surface area contributed by atoms with E-state index in [1.54, 1.807) is 18.3 Å². The molecular weight excluding hydrogens is 304 g/mol. The standard InChI is InChI=1S/C15H15BrN2O/c1-2-3-11-8-9-17-14(10-11)18-15(19)12-4-6-13(16)7-5-12/h4-10H,2-3H2,1H3,(H,17,18,19). The third kappa shape index (κ3) is 3.89. The predicted molar refractivity (Wildman–Crippen MR) is 80.3 cm³/mol. The van der Waals surface area contributed by atoms with Gasteiger partial charge in [0.2, 0.25) is 0 Å². The number of nitrogens with one attached hydrogen (secondary N) is 1. The second-order valence-corrected chi connectivity index (χ2v) is 5.18. The molecular formula is C15H15BrN2O. The van der Waals surface area contributed by atoms with E-state index in [0.717, 1.165) is 17.3 Å². The Morgan fingerprint density at radius 2 is 2.00 bits per heavy atom. The number of halogens is 1. The molecule has 0 saturated carbocycles. The SMILES string of the molecule is CCCc1ccnc(NC(=O)c2ccc(Br)cc2)c1. The molecule has 1 aromatic heterocycles. The van der Waals surface area contributed by atoms with E-state index in [9.17, 15) is 4.79 Å². The Hall–Kier alpha value is -1.68. The summed E-state index contributed by atoms with van der Waals surface area (Å²) in [6, 6.07) is 11.1. The topological polar surface area (TPSA) is 42.0 Å². The largest absolute Gasteiger partial charge is 0.307 e. The second kappa shape index (κ2) is 6.48. The Kier molecular flexibility index (Phi) is 4.68. The molecule has 1 amide bonds. The van der Waals surface area contributed by atoms with E-state index in [0.29, 0.717) is 11.4 Å². The van der Waals surface area contributed by atoms with Gasteiger partial charge in [-0.3, -0.25) is 4.79 Å². The molecule has 0 saturated heterocycles. The fraction of sp³-hybridized carbons (Fsp3) is 0.200. The number of nitrogens with zero attached hydrogens (tertiary/aromatic N) is 1. The van der Waals surface area contributed by atoms with E-state index in [-0.39, 0.29) is 5.91 Å². The minimum Gasteiger partial charge on any atom is -0.307 e. The van der Waals surface area contributed by atoms with Crippen LogP contribution in [0.25, 0.3) is 0 Å². The molecule has 1 aromatic carbocycles. The summed E-state index contributed by atoms with van der Waals surface area (Å²) in [5.41, 5.74) is 1.80. The van der Waals surface area contributed by atoms with Gasteiger partial charge in [0.1, 0.15) is 5.82 Å². The summed E-state index contributed by atoms with van der Waals surface area (Å²) in [6.45, 7) is 2.13. The summed E-state index contributed by atoms with van der Waals surface area (Å²) in [4.78, 5) is 16.2. The van der Waals surface area contributed by atoms with Crippen LogP contribution >= 0.6 is 15.9 Å². The van der Waals surface area contributed by atoms with Crippen LogP contribution in [-0.2, 0) is 6.42 Å². The van der Waals surface area contributed by atoms with Gasteiger partial charge in [-0.25, -0.2) is 4.98 Å². The molecule has 0 radical (unpaired) electrons. The van der Waals surface area contributed by atoms with Crippen molar-refractivity contribution in [3.05, 3.63) is 58.2 Å². The number of carbonyl (C=O) groups is 1. The zero-order valence-corrected chi connectivity index (χ0v) is 12.3. The van der Waals surface area contributed by atoms with Gasteiger partial charge in [0.25, 0.3) is 5.91 Å². The van der Waals surface area contributed by atoms with E-state index in [4.69, 9.17) is 0 Å². The number of benzene rings is 1. The lowest BCUT2D eigenvalue weighted by Crippen LogP contribution is -2.12. The van der Waals surface area contributed by atoms with Crippen molar-refractivity contribution < 1.29 is 4.79 Å². The molecule has 1 heterocycles. The van der Waals surface area contributed by atoms with Gasteiger partial charge in [-0.1, -0.05) is 29.3 Å². The minimum absolute atomic E-state index is 0.145. The second-order valence-electron chi connectivity index (χ2n) is 4.26. The summed E-state index contributed by atoms with van der Waals surface area (Å²) < 4.78 is 0.951. The zero-order valence-electron chi connectivity index (χ0n) is 10.7. The number of anilines is 1. The van der Waals surface area contributed by atoms with Crippen LogP contribution in [0, 0.1) is 0 Å². The third-order valence-electron chi connectivity index (χ3n) is 2.71. The highest BCUT2D eigenvalue weighted by Gasteiger charge is 2.06. The van der Waals surface area contributed by atoms with Gasteiger partial charge in [-0.2, -0.15) is 0 Å². The van der Waals surface area contributed by atoms with E-state index in [2.05, 4.69) is 33.2 Å². The van der Waals surface area contributed by atoms with Crippen LogP contribution in [0.2, 0.25) is 0 Å². The number of hydrogen-bond acceptors (Lipinski definition) is 2. The zero-order chi connectivity index (χ0) is 13.7. The van der Waals surface area contributed by atoms with E-state index >= 15 is 0 Å². The summed E-state index contributed by atoms with van der Waals surface area (Å²) in [7, 11) is 0. The fourth-order valence-corrected chi connectivity index (χ4v) is 2.04.